The first-order chi connectivity index (χ1) is 9.13. The number of carbonyl (C=O) groups is 2. The van der Waals surface area contributed by atoms with Crippen LogP contribution in [0.3, 0.4) is 0 Å². The smallest absolute Gasteiger partial charge is 0.254 e. The minimum Gasteiger partial charge on any atom is -0.348 e. The molecule has 0 aliphatic heterocycles. The van der Waals surface area contributed by atoms with Crippen LogP contribution >= 0.6 is 11.3 Å². The third kappa shape index (κ3) is 3.04. The van der Waals surface area contributed by atoms with Gasteiger partial charge in [-0.1, -0.05) is 6.08 Å². The second-order valence-electron chi connectivity index (χ2n) is 4.59. The minimum atomic E-state index is -0.142. The SMILES string of the molecule is C=CCNC(=O)c1c(NC(C)=O)sc2c1CCCC2. The number of thiophene rings is 1. The maximum absolute atomic E-state index is 12.2. The maximum atomic E-state index is 12.2. The summed E-state index contributed by atoms with van der Waals surface area (Å²) in [7, 11) is 0. The molecule has 19 heavy (non-hydrogen) atoms. The fourth-order valence-corrected chi connectivity index (χ4v) is 3.64. The molecule has 0 saturated heterocycles. The molecule has 2 amide bonds. The van der Waals surface area contributed by atoms with Gasteiger partial charge in [0.1, 0.15) is 5.00 Å². The van der Waals surface area contributed by atoms with Crippen LogP contribution in [0.4, 0.5) is 5.00 Å². The second-order valence-corrected chi connectivity index (χ2v) is 5.70. The molecule has 5 heteroatoms. The lowest BCUT2D eigenvalue weighted by molar-refractivity contribution is -0.114. The largest absolute Gasteiger partial charge is 0.348 e. The Morgan fingerprint density at radius 1 is 1.37 bits per heavy atom. The van der Waals surface area contributed by atoms with Gasteiger partial charge in [0.05, 0.1) is 5.56 Å². The zero-order valence-corrected chi connectivity index (χ0v) is 11.9. The first kappa shape index (κ1) is 13.8. The summed E-state index contributed by atoms with van der Waals surface area (Å²) >= 11 is 1.53. The molecule has 1 aliphatic rings. The van der Waals surface area contributed by atoms with E-state index in [1.807, 2.05) is 0 Å². The molecule has 1 heterocycles. The van der Waals surface area contributed by atoms with E-state index in [-0.39, 0.29) is 11.8 Å². The lowest BCUT2D eigenvalue weighted by Gasteiger charge is -2.12. The normalized spacial score (nSPS) is 13.5. The van der Waals surface area contributed by atoms with Crippen LogP contribution in [0.1, 0.15) is 40.6 Å². The predicted molar refractivity (Wildman–Crippen MR) is 77.8 cm³/mol. The van der Waals surface area contributed by atoms with Crippen molar-refractivity contribution < 1.29 is 9.59 Å². The molecule has 0 unspecified atom stereocenters. The average molecular weight is 278 g/mol. The zero-order valence-electron chi connectivity index (χ0n) is 11.0. The number of carbonyl (C=O) groups excluding carboxylic acids is 2. The molecule has 0 spiro atoms. The molecule has 0 fully saturated rings. The van der Waals surface area contributed by atoms with Crippen molar-refractivity contribution in [3.05, 3.63) is 28.7 Å². The summed E-state index contributed by atoms with van der Waals surface area (Å²) in [5.41, 5.74) is 1.76. The molecule has 0 aromatic carbocycles. The molecule has 1 aromatic rings. The third-order valence-electron chi connectivity index (χ3n) is 3.09. The third-order valence-corrected chi connectivity index (χ3v) is 4.30. The number of hydrogen-bond donors (Lipinski definition) is 2. The van der Waals surface area contributed by atoms with Gasteiger partial charge in [-0.25, -0.2) is 0 Å². The molecule has 4 nitrogen and oxygen atoms in total. The second kappa shape index (κ2) is 6.02. The van der Waals surface area contributed by atoms with E-state index in [0.717, 1.165) is 31.2 Å². The molecule has 0 bridgehead atoms. The van der Waals surface area contributed by atoms with E-state index in [9.17, 15) is 9.59 Å². The number of nitrogens with one attached hydrogen (secondary N) is 2. The van der Waals surface area contributed by atoms with E-state index < -0.39 is 0 Å². The van der Waals surface area contributed by atoms with Crippen LogP contribution in [0.2, 0.25) is 0 Å². The van der Waals surface area contributed by atoms with Crippen LogP contribution in [-0.4, -0.2) is 18.4 Å². The predicted octanol–water partition coefficient (Wildman–Crippen LogP) is 2.50. The first-order valence-electron chi connectivity index (χ1n) is 6.44. The number of hydrogen-bond acceptors (Lipinski definition) is 3. The number of anilines is 1. The Bertz CT molecular complexity index is 520. The zero-order chi connectivity index (χ0) is 13.8. The molecule has 102 valence electrons. The Labute approximate surface area is 116 Å². The van der Waals surface area contributed by atoms with Crippen molar-refractivity contribution >= 4 is 28.2 Å². The average Bonchev–Trinajstić information content (AvgIpc) is 2.72. The highest BCUT2D eigenvalue weighted by Gasteiger charge is 2.25. The maximum Gasteiger partial charge on any atom is 0.254 e. The summed E-state index contributed by atoms with van der Waals surface area (Å²) in [4.78, 5) is 24.7. The molecule has 2 rings (SSSR count). The van der Waals surface area contributed by atoms with E-state index in [0.29, 0.717) is 17.1 Å². The Morgan fingerprint density at radius 3 is 2.79 bits per heavy atom. The summed E-state index contributed by atoms with van der Waals surface area (Å²) in [6.45, 7) is 5.49. The Balaban J connectivity index is 2.36. The summed E-state index contributed by atoms with van der Waals surface area (Å²) in [5.74, 6) is -0.264. The van der Waals surface area contributed by atoms with Gasteiger partial charge in [-0.2, -0.15) is 0 Å². The number of fused-ring (bicyclic) bond motifs is 1. The lowest BCUT2D eigenvalue weighted by Crippen LogP contribution is -2.25. The Morgan fingerprint density at radius 2 is 2.11 bits per heavy atom. The molecule has 0 saturated carbocycles. The van der Waals surface area contributed by atoms with Crippen molar-refractivity contribution in [3.8, 4) is 0 Å². The number of rotatable bonds is 4. The fraction of sp³-hybridized carbons (Fsp3) is 0.429. The van der Waals surface area contributed by atoms with Gasteiger partial charge in [0.25, 0.3) is 5.91 Å². The summed E-state index contributed by atoms with van der Waals surface area (Å²) < 4.78 is 0. The van der Waals surface area contributed by atoms with Crippen molar-refractivity contribution in [2.45, 2.75) is 32.6 Å². The monoisotopic (exact) mass is 278 g/mol. The summed E-state index contributed by atoms with van der Waals surface area (Å²) in [5, 5.41) is 6.26. The van der Waals surface area contributed by atoms with E-state index in [2.05, 4.69) is 17.2 Å². The van der Waals surface area contributed by atoms with E-state index in [1.165, 1.54) is 23.1 Å². The molecule has 2 N–H and O–H groups in total. The van der Waals surface area contributed by atoms with E-state index in [1.54, 1.807) is 6.08 Å². The van der Waals surface area contributed by atoms with Gasteiger partial charge in [-0.05, 0) is 31.2 Å². The molecular weight excluding hydrogens is 260 g/mol. The molecule has 1 aromatic heterocycles. The van der Waals surface area contributed by atoms with E-state index in [4.69, 9.17) is 0 Å². The summed E-state index contributed by atoms with van der Waals surface area (Å²) in [6, 6.07) is 0. The molecule has 1 aliphatic carbocycles. The Hall–Kier alpha value is -1.62. The quantitative estimate of drug-likeness (QED) is 0.831. The van der Waals surface area contributed by atoms with Gasteiger partial charge in [0, 0.05) is 18.3 Å². The van der Waals surface area contributed by atoms with Crippen molar-refractivity contribution in [1.29, 1.82) is 0 Å². The number of aryl methyl sites for hydroxylation is 1. The van der Waals surface area contributed by atoms with Crippen LogP contribution in [-0.2, 0) is 17.6 Å². The van der Waals surface area contributed by atoms with Gasteiger partial charge in [0.15, 0.2) is 0 Å². The van der Waals surface area contributed by atoms with Gasteiger partial charge < -0.3 is 10.6 Å². The van der Waals surface area contributed by atoms with Gasteiger partial charge in [0.2, 0.25) is 5.91 Å². The fourth-order valence-electron chi connectivity index (χ4n) is 2.31. The highest BCUT2D eigenvalue weighted by Crippen LogP contribution is 2.38. The number of amides is 2. The van der Waals surface area contributed by atoms with Crippen LogP contribution in [0.15, 0.2) is 12.7 Å². The highest BCUT2D eigenvalue weighted by atomic mass is 32.1. The van der Waals surface area contributed by atoms with Crippen molar-refractivity contribution in [1.82, 2.24) is 5.32 Å². The van der Waals surface area contributed by atoms with Crippen molar-refractivity contribution in [3.63, 3.8) is 0 Å². The minimum absolute atomic E-state index is 0.122. The molecule has 0 radical (unpaired) electrons. The first-order valence-corrected chi connectivity index (χ1v) is 7.26. The van der Waals surface area contributed by atoms with Gasteiger partial charge in [-0.15, -0.1) is 17.9 Å². The standard InChI is InChI=1S/C14H18N2O2S/c1-3-8-15-13(18)12-10-6-4-5-7-11(10)19-14(12)16-9(2)17/h3H,1,4-8H2,2H3,(H,15,18)(H,16,17). The Kier molecular flexibility index (Phi) is 4.37. The topological polar surface area (TPSA) is 58.2 Å². The van der Waals surface area contributed by atoms with Crippen LogP contribution in [0, 0.1) is 0 Å². The van der Waals surface area contributed by atoms with Gasteiger partial charge >= 0.3 is 0 Å². The van der Waals surface area contributed by atoms with Crippen molar-refractivity contribution in [2.75, 3.05) is 11.9 Å². The van der Waals surface area contributed by atoms with Gasteiger partial charge in [-0.3, -0.25) is 9.59 Å². The van der Waals surface area contributed by atoms with E-state index >= 15 is 0 Å². The molecular formula is C14H18N2O2S. The van der Waals surface area contributed by atoms with Crippen molar-refractivity contribution in [2.24, 2.45) is 0 Å². The highest BCUT2D eigenvalue weighted by molar-refractivity contribution is 7.17. The van der Waals surface area contributed by atoms with Crippen LogP contribution in [0.25, 0.3) is 0 Å². The molecule has 0 atom stereocenters. The van der Waals surface area contributed by atoms with Crippen LogP contribution in [0.5, 0.6) is 0 Å². The van der Waals surface area contributed by atoms with Crippen LogP contribution < -0.4 is 10.6 Å². The summed E-state index contributed by atoms with van der Waals surface area (Å²) in [6.07, 6.45) is 5.82. The lowest BCUT2D eigenvalue weighted by atomic mass is 9.95.